The second kappa shape index (κ2) is 6.78. The maximum absolute atomic E-state index is 12.9. The summed E-state index contributed by atoms with van der Waals surface area (Å²) < 4.78 is 2.11. The van der Waals surface area contributed by atoms with E-state index >= 15 is 0 Å². The average Bonchev–Trinajstić information content (AvgIpc) is 3.25. The molecular weight excluding hydrogens is 336 g/mol. The molecule has 2 aromatic rings. The number of ketones is 2. The van der Waals surface area contributed by atoms with Gasteiger partial charge in [0.05, 0.1) is 10.9 Å². The van der Waals surface area contributed by atoms with E-state index in [2.05, 4.69) is 26.7 Å². The Balaban J connectivity index is 1.82. The van der Waals surface area contributed by atoms with Gasteiger partial charge < -0.3 is 9.55 Å². The molecule has 0 aromatic carbocycles. The van der Waals surface area contributed by atoms with Crippen LogP contribution in [0.4, 0.5) is 0 Å². The number of Topliss-reactive ketones (excluding diaryl/α,β-unsaturated/α-hetero) is 2. The highest BCUT2D eigenvalue weighted by molar-refractivity contribution is 8.00. The Morgan fingerprint density at radius 2 is 2.00 bits per heavy atom. The summed E-state index contributed by atoms with van der Waals surface area (Å²) >= 11 is 1.43. The van der Waals surface area contributed by atoms with Crippen LogP contribution in [0, 0.1) is 13.8 Å². The van der Waals surface area contributed by atoms with Crippen LogP contribution in [-0.4, -0.2) is 36.6 Å². The van der Waals surface area contributed by atoms with E-state index in [1.807, 2.05) is 20.8 Å². The van der Waals surface area contributed by atoms with E-state index in [0.29, 0.717) is 17.2 Å². The fraction of sp³-hybridized carbons (Fsp3) is 0.556. The van der Waals surface area contributed by atoms with Gasteiger partial charge in [-0.3, -0.25) is 9.59 Å². The molecular formula is C18H24N4O2S. The molecule has 0 spiro atoms. The van der Waals surface area contributed by atoms with Gasteiger partial charge in [-0.05, 0) is 53.0 Å². The lowest BCUT2D eigenvalue weighted by atomic mass is 10.0. The number of aromatic nitrogens is 4. The monoisotopic (exact) mass is 360 g/mol. The van der Waals surface area contributed by atoms with E-state index in [0.717, 1.165) is 28.8 Å². The number of aryl methyl sites for hydroxylation is 1. The van der Waals surface area contributed by atoms with Crippen LogP contribution in [0.3, 0.4) is 0 Å². The van der Waals surface area contributed by atoms with Gasteiger partial charge in [0.2, 0.25) is 0 Å². The molecule has 1 saturated carbocycles. The summed E-state index contributed by atoms with van der Waals surface area (Å²) in [4.78, 5) is 27.8. The van der Waals surface area contributed by atoms with E-state index in [9.17, 15) is 9.59 Å². The number of H-pyrrole nitrogens is 1. The van der Waals surface area contributed by atoms with Crippen molar-refractivity contribution < 1.29 is 9.59 Å². The van der Waals surface area contributed by atoms with Gasteiger partial charge in [-0.1, -0.05) is 11.8 Å². The Morgan fingerprint density at radius 1 is 1.32 bits per heavy atom. The van der Waals surface area contributed by atoms with E-state index in [4.69, 9.17) is 0 Å². The molecule has 1 fully saturated rings. The Hall–Kier alpha value is -1.89. The number of nitrogens with one attached hydrogen (secondary N) is 1. The maximum Gasteiger partial charge on any atom is 0.192 e. The van der Waals surface area contributed by atoms with Gasteiger partial charge in [-0.25, -0.2) is 0 Å². The number of aromatic amines is 1. The van der Waals surface area contributed by atoms with Crippen molar-refractivity contribution in [3.8, 4) is 0 Å². The van der Waals surface area contributed by atoms with Crippen LogP contribution >= 0.6 is 11.8 Å². The first-order valence-electron chi connectivity index (χ1n) is 8.69. The zero-order valence-corrected chi connectivity index (χ0v) is 16.2. The summed E-state index contributed by atoms with van der Waals surface area (Å²) in [5, 5.41) is 9.10. The summed E-state index contributed by atoms with van der Waals surface area (Å²) in [5.41, 5.74) is 2.62. The van der Waals surface area contributed by atoms with Crippen molar-refractivity contribution in [3.05, 3.63) is 28.3 Å². The third-order valence-corrected chi connectivity index (χ3v) is 5.77. The first-order chi connectivity index (χ1) is 11.8. The molecule has 0 saturated heterocycles. The molecule has 2 aromatic heterocycles. The predicted octanol–water partition coefficient (Wildman–Crippen LogP) is 3.69. The van der Waals surface area contributed by atoms with Crippen molar-refractivity contribution >= 4 is 23.3 Å². The molecule has 134 valence electrons. The van der Waals surface area contributed by atoms with Crippen LogP contribution in [0.15, 0.2) is 5.16 Å². The average molecular weight is 360 g/mol. The topological polar surface area (TPSA) is 80.6 Å². The number of hydrogen-bond acceptors (Lipinski definition) is 5. The van der Waals surface area contributed by atoms with E-state index < -0.39 is 0 Å². The van der Waals surface area contributed by atoms with Crippen LogP contribution in [0.5, 0.6) is 0 Å². The predicted molar refractivity (Wildman–Crippen MR) is 97.6 cm³/mol. The zero-order valence-electron chi connectivity index (χ0n) is 15.3. The smallest absolute Gasteiger partial charge is 0.192 e. The van der Waals surface area contributed by atoms with Gasteiger partial charge in [0.1, 0.15) is 5.82 Å². The third-order valence-electron chi connectivity index (χ3n) is 4.69. The summed E-state index contributed by atoms with van der Waals surface area (Å²) in [5.74, 6) is 1.52. The Morgan fingerprint density at radius 3 is 2.52 bits per heavy atom. The van der Waals surface area contributed by atoms with Crippen molar-refractivity contribution in [2.24, 2.45) is 0 Å². The van der Waals surface area contributed by atoms with Crippen LogP contribution in [0.2, 0.25) is 0 Å². The van der Waals surface area contributed by atoms with Crippen LogP contribution in [0.1, 0.15) is 77.5 Å². The van der Waals surface area contributed by atoms with E-state index in [1.54, 1.807) is 0 Å². The second-order valence-corrected chi connectivity index (χ2v) is 7.97. The number of thioether (sulfide) groups is 1. The summed E-state index contributed by atoms with van der Waals surface area (Å²) in [6.07, 6.45) is 2.35. The van der Waals surface area contributed by atoms with Crippen molar-refractivity contribution in [1.29, 1.82) is 0 Å². The molecule has 0 amide bonds. The molecule has 1 N–H and O–H groups in total. The van der Waals surface area contributed by atoms with Crippen molar-refractivity contribution in [3.63, 3.8) is 0 Å². The Bertz CT molecular complexity index is 832. The molecule has 2 heterocycles. The highest BCUT2D eigenvalue weighted by atomic mass is 32.2. The second-order valence-electron chi connectivity index (χ2n) is 6.66. The summed E-state index contributed by atoms with van der Waals surface area (Å²) in [6.45, 7) is 9.93. The molecule has 6 nitrogen and oxygen atoms in total. The lowest BCUT2D eigenvalue weighted by molar-refractivity contribution is 0.0988. The van der Waals surface area contributed by atoms with Crippen molar-refractivity contribution in [2.45, 2.75) is 70.3 Å². The van der Waals surface area contributed by atoms with Crippen molar-refractivity contribution in [1.82, 2.24) is 19.7 Å². The minimum absolute atomic E-state index is 0.0169. The lowest BCUT2D eigenvalue weighted by Gasteiger charge is -2.11. The fourth-order valence-corrected chi connectivity index (χ4v) is 4.25. The minimum Gasteiger partial charge on any atom is -0.355 e. The highest BCUT2D eigenvalue weighted by Gasteiger charge is 2.31. The summed E-state index contributed by atoms with van der Waals surface area (Å²) in [7, 11) is 0. The molecule has 1 atom stereocenters. The van der Waals surface area contributed by atoms with Crippen LogP contribution in [0.25, 0.3) is 0 Å². The van der Waals surface area contributed by atoms with Gasteiger partial charge in [0, 0.05) is 23.7 Å². The molecule has 0 radical (unpaired) electrons. The molecule has 1 aliphatic carbocycles. The molecule has 7 heteroatoms. The maximum atomic E-state index is 12.9. The summed E-state index contributed by atoms with van der Waals surface area (Å²) in [6, 6.07) is 0. The first kappa shape index (κ1) is 17.9. The highest BCUT2D eigenvalue weighted by Crippen LogP contribution is 2.40. The van der Waals surface area contributed by atoms with Gasteiger partial charge in [-0.2, -0.15) is 0 Å². The lowest BCUT2D eigenvalue weighted by Crippen LogP contribution is -2.16. The van der Waals surface area contributed by atoms with Gasteiger partial charge in [-0.15, -0.1) is 10.2 Å². The van der Waals surface area contributed by atoms with Crippen LogP contribution in [-0.2, 0) is 6.54 Å². The molecule has 0 aliphatic heterocycles. The molecule has 0 bridgehead atoms. The quantitative estimate of drug-likeness (QED) is 0.602. The molecule has 25 heavy (non-hydrogen) atoms. The number of rotatable bonds is 7. The van der Waals surface area contributed by atoms with E-state index in [-0.39, 0.29) is 16.8 Å². The zero-order chi connectivity index (χ0) is 18.3. The SMILES string of the molecule is CCn1c(S[C@H](C)C(=O)c2[nH]c(C)c(C(C)=O)c2C)nnc1C1CC1. The molecule has 1 aliphatic rings. The van der Waals surface area contributed by atoms with E-state index in [1.165, 1.54) is 31.5 Å². The molecule has 3 rings (SSSR count). The number of nitrogens with zero attached hydrogens (tertiary/aromatic N) is 3. The largest absolute Gasteiger partial charge is 0.355 e. The minimum atomic E-state index is -0.307. The third kappa shape index (κ3) is 3.29. The first-order valence-corrected chi connectivity index (χ1v) is 9.57. The Labute approximate surface area is 151 Å². The number of hydrogen-bond donors (Lipinski definition) is 1. The van der Waals surface area contributed by atoms with Gasteiger partial charge in [0.15, 0.2) is 16.7 Å². The fourth-order valence-electron chi connectivity index (χ4n) is 3.27. The number of carbonyl (C=O) groups is 2. The van der Waals surface area contributed by atoms with Crippen LogP contribution < -0.4 is 0 Å². The number of carbonyl (C=O) groups excluding carboxylic acids is 2. The normalized spacial score (nSPS) is 15.4. The Kier molecular flexibility index (Phi) is 4.86. The standard InChI is InChI=1S/C18H24N4O2S/c1-6-22-17(13-7-8-13)20-21-18(22)25-12(5)16(24)15-9(2)14(11(4)23)10(3)19-15/h12-13,19H,6-8H2,1-5H3/t12-/m1/s1. The van der Waals surface area contributed by atoms with Gasteiger partial charge >= 0.3 is 0 Å². The van der Waals surface area contributed by atoms with Crippen molar-refractivity contribution in [2.75, 3.05) is 0 Å². The molecule has 0 unspecified atom stereocenters. The van der Waals surface area contributed by atoms with Gasteiger partial charge in [0.25, 0.3) is 0 Å².